The minimum absolute atomic E-state index is 0.193. The highest BCUT2D eigenvalue weighted by Gasteiger charge is 2.00. The van der Waals surface area contributed by atoms with E-state index >= 15 is 0 Å². The number of aliphatic carboxylic acids is 1. The van der Waals surface area contributed by atoms with Gasteiger partial charge in [0, 0.05) is 12.8 Å². The van der Waals surface area contributed by atoms with Gasteiger partial charge < -0.3 is 9.84 Å². The van der Waals surface area contributed by atoms with Crippen molar-refractivity contribution in [1.29, 1.82) is 0 Å². The highest BCUT2D eigenvalue weighted by Crippen LogP contribution is 2.12. The van der Waals surface area contributed by atoms with E-state index in [0.29, 0.717) is 12.8 Å². The summed E-state index contributed by atoms with van der Waals surface area (Å²) in [6.45, 7) is 3.34. The fourth-order valence-corrected chi connectivity index (χ4v) is 2.11. The Morgan fingerprint density at radius 1 is 0.800 bits per heavy atom. The Morgan fingerprint density at radius 3 is 1.60 bits per heavy atom. The zero-order chi connectivity index (χ0) is 15.1. The number of rotatable bonds is 14. The molecule has 0 radical (unpaired) electrons. The van der Waals surface area contributed by atoms with Gasteiger partial charge in [-0.1, -0.05) is 57.9 Å². The van der Waals surface area contributed by atoms with Gasteiger partial charge in [0.2, 0.25) is 0 Å². The average Bonchev–Trinajstić information content (AvgIpc) is 2.40. The quantitative estimate of drug-likeness (QED) is 0.291. The van der Waals surface area contributed by atoms with Gasteiger partial charge in [-0.25, -0.2) is 0 Å². The van der Waals surface area contributed by atoms with Gasteiger partial charge in [0.1, 0.15) is 0 Å². The molecule has 116 valence electrons. The number of carbonyl (C=O) groups excluding carboxylic acids is 1. The van der Waals surface area contributed by atoms with E-state index in [1.807, 2.05) is 0 Å². The van der Waals surface area contributed by atoms with Gasteiger partial charge in [0.25, 0.3) is 0 Å². The number of hydrogen-bond acceptors (Lipinski definition) is 3. The van der Waals surface area contributed by atoms with Gasteiger partial charge in [-0.15, -0.1) is 0 Å². The molecule has 0 heterocycles. The summed E-state index contributed by atoms with van der Waals surface area (Å²) >= 11 is 0. The van der Waals surface area contributed by atoms with Crippen LogP contribution in [0.1, 0.15) is 77.0 Å². The van der Waals surface area contributed by atoms with Crippen LogP contribution in [0.2, 0.25) is 0 Å². The van der Waals surface area contributed by atoms with E-state index in [0.717, 1.165) is 32.1 Å². The Labute approximate surface area is 122 Å². The maximum absolute atomic E-state index is 11.0. The molecule has 0 aromatic rings. The Bertz CT molecular complexity index is 274. The summed E-state index contributed by atoms with van der Waals surface area (Å²) in [5.74, 6) is -0.886. The van der Waals surface area contributed by atoms with Crippen LogP contribution in [0.3, 0.4) is 0 Å². The predicted octanol–water partition coefficient (Wildman–Crippen LogP) is 4.44. The first-order valence-corrected chi connectivity index (χ1v) is 7.69. The Kier molecular flexibility index (Phi) is 13.2. The molecule has 1 N–H and O–H groups in total. The second-order valence-electron chi connectivity index (χ2n) is 5.09. The molecule has 0 bridgehead atoms. The minimum Gasteiger partial charge on any atom is -0.481 e. The van der Waals surface area contributed by atoms with Crippen molar-refractivity contribution in [2.75, 3.05) is 0 Å². The molecule has 0 unspecified atom stereocenters. The highest BCUT2D eigenvalue weighted by molar-refractivity contribution is 5.69. The van der Waals surface area contributed by atoms with E-state index in [2.05, 4.69) is 11.3 Å². The summed E-state index contributed by atoms with van der Waals surface area (Å²) in [6, 6.07) is 0. The number of carbonyl (C=O) groups is 2. The molecule has 0 aromatic carbocycles. The lowest BCUT2D eigenvalue weighted by Gasteiger charge is -2.02. The van der Waals surface area contributed by atoms with Crippen molar-refractivity contribution >= 4 is 11.9 Å². The van der Waals surface area contributed by atoms with E-state index in [-0.39, 0.29) is 5.97 Å². The van der Waals surface area contributed by atoms with Gasteiger partial charge in [-0.05, 0) is 12.8 Å². The molecule has 0 aliphatic heterocycles. The van der Waals surface area contributed by atoms with Crippen molar-refractivity contribution in [3.63, 3.8) is 0 Å². The monoisotopic (exact) mass is 284 g/mol. The summed E-state index contributed by atoms with van der Waals surface area (Å²) in [6.07, 6.45) is 12.9. The lowest BCUT2D eigenvalue weighted by atomic mass is 10.1. The molecular weight excluding hydrogens is 256 g/mol. The van der Waals surface area contributed by atoms with Gasteiger partial charge in [0.15, 0.2) is 0 Å². The summed E-state index contributed by atoms with van der Waals surface area (Å²) in [7, 11) is 0. The third kappa shape index (κ3) is 14.7. The summed E-state index contributed by atoms with van der Waals surface area (Å²) in [4.78, 5) is 21.3. The first kappa shape index (κ1) is 18.7. The van der Waals surface area contributed by atoms with Crippen molar-refractivity contribution in [3.8, 4) is 0 Å². The molecule has 4 nitrogen and oxygen atoms in total. The van der Waals surface area contributed by atoms with Crippen molar-refractivity contribution in [3.05, 3.63) is 12.8 Å². The molecule has 0 rings (SSSR count). The fraction of sp³-hybridized carbons (Fsp3) is 0.750. The third-order valence-electron chi connectivity index (χ3n) is 3.24. The molecule has 0 saturated carbocycles. The van der Waals surface area contributed by atoms with E-state index in [1.165, 1.54) is 38.4 Å². The SMILES string of the molecule is C=COC(=O)CCCCCCCCCCCCC(=O)O. The molecule has 0 fully saturated rings. The molecule has 0 aromatic heterocycles. The van der Waals surface area contributed by atoms with Gasteiger partial charge >= 0.3 is 11.9 Å². The Balaban J connectivity index is 3.08. The maximum Gasteiger partial charge on any atom is 0.310 e. The van der Waals surface area contributed by atoms with E-state index in [1.54, 1.807) is 0 Å². The second-order valence-corrected chi connectivity index (χ2v) is 5.09. The third-order valence-corrected chi connectivity index (χ3v) is 3.24. The van der Waals surface area contributed by atoms with E-state index < -0.39 is 5.97 Å². The summed E-state index contributed by atoms with van der Waals surface area (Å²) in [5, 5.41) is 8.49. The van der Waals surface area contributed by atoms with Crippen LogP contribution in [-0.2, 0) is 14.3 Å². The molecule has 0 atom stereocenters. The number of unbranched alkanes of at least 4 members (excludes halogenated alkanes) is 9. The van der Waals surface area contributed by atoms with Crippen LogP contribution in [0.4, 0.5) is 0 Å². The van der Waals surface area contributed by atoms with Crippen molar-refractivity contribution in [1.82, 2.24) is 0 Å². The second kappa shape index (κ2) is 14.1. The van der Waals surface area contributed by atoms with Crippen molar-refractivity contribution in [2.24, 2.45) is 0 Å². The molecule has 0 amide bonds. The first-order valence-electron chi connectivity index (χ1n) is 7.69. The number of carboxylic acids is 1. The molecule has 0 saturated heterocycles. The van der Waals surface area contributed by atoms with Crippen molar-refractivity contribution < 1.29 is 19.4 Å². The highest BCUT2D eigenvalue weighted by atomic mass is 16.5. The van der Waals surface area contributed by atoms with Crippen LogP contribution < -0.4 is 0 Å². The van der Waals surface area contributed by atoms with Crippen LogP contribution in [0.15, 0.2) is 12.8 Å². The largest absolute Gasteiger partial charge is 0.481 e. The van der Waals surface area contributed by atoms with Crippen molar-refractivity contribution in [2.45, 2.75) is 77.0 Å². The Hall–Kier alpha value is -1.32. The van der Waals surface area contributed by atoms with Crippen LogP contribution in [0.25, 0.3) is 0 Å². The van der Waals surface area contributed by atoms with Crippen LogP contribution in [0, 0.1) is 0 Å². The van der Waals surface area contributed by atoms with E-state index in [4.69, 9.17) is 5.11 Å². The number of hydrogen-bond donors (Lipinski definition) is 1. The lowest BCUT2D eigenvalue weighted by molar-refractivity contribution is -0.138. The normalized spacial score (nSPS) is 10.2. The molecule has 0 aliphatic rings. The maximum atomic E-state index is 11.0. The molecular formula is C16H28O4. The topological polar surface area (TPSA) is 63.6 Å². The predicted molar refractivity (Wildman–Crippen MR) is 79.3 cm³/mol. The number of esters is 1. The fourth-order valence-electron chi connectivity index (χ4n) is 2.11. The first-order chi connectivity index (χ1) is 9.66. The molecule has 4 heteroatoms. The summed E-state index contributed by atoms with van der Waals surface area (Å²) in [5.41, 5.74) is 0. The lowest BCUT2D eigenvalue weighted by Crippen LogP contribution is -1.98. The molecule has 20 heavy (non-hydrogen) atoms. The molecule has 0 spiro atoms. The number of ether oxygens (including phenoxy) is 1. The van der Waals surface area contributed by atoms with Crippen LogP contribution >= 0.6 is 0 Å². The van der Waals surface area contributed by atoms with Gasteiger partial charge in [-0.2, -0.15) is 0 Å². The average molecular weight is 284 g/mol. The zero-order valence-corrected chi connectivity index (χ0v) is 12.4. The smallest absolute Gasteiger partial charge is 0.310 e. The van der Waals surface area contributed by atoms with E-state index in [9.17, 15) is 9.59 Å². The van der Waals surface area contributed by atoms with Crippen LogP contribution in [0.5, 0.6) is 0 Å². The minimum atomic E-state index is -0.693. The van der Waals surface area contributed by atoms with Crippen LogP contribution in [-0.4, -0.2) is 17.0 Å². The zero-order valence-electron chi connectivity index (χ0n) is 12.4. The number of carboxylic acid groups (broad SMARTS) is 1. The molecule has 0 aliphatic carbocycles. The van der Waals surface area contributed by atoms with Gasteiger partial charge in [-0.3, -0.25) is 9.59 Å². The van der Waals surface area contributed by atoms with Gasteiger partial charge in [0.05, 0.1) is 6.26 Å². The standard InChI is InChI=1S/C16H28O4/c1-2-20-16(19)14-12-10-8-6-4-3-5-7-9-11-13-15(17)18/h2H,1,3-14H2,(H,17,18). The Morgan fingerprint density at radius 2 is 1.20 bits per heavy atom. The summed E-state index contributed by atoms with van der Waals surface area (Å²) < 4.78 is 4.64.